The van der Waals surface area contributed by atoms with Gasteiger partial charge in [0.2, 0.25) is 0 Å². The number of thiophene rings is 1. The molecule has 1 unspecified atom stereocenters. The van der Waals surface area contributed by atoms with E-state index in [0.717, 1.165) is 36.5 Å². The predicted octanol–water partition coefficient (Wildman–Crippen LogP) is 2.76. The first-order valence-electron chi connectivity index (χ1n) is 8.20. The second-order valence-corrected chi connectivity index (χ2v) is 7.98. The highest BCUT2D eigenvalue weighted by Crippen LogP contribution is 2.34. The van der Waals surface area contributed by atoms with E-state index in [1.165, 1.54) is 16.2 Å². The van der Waals surface area contributed by atoms with Gasteiger partial charge in [-0.3, -0.25) is 10.1 Å². The van der Waals surface area contributed by atoms with Gasteiger partial charge in [0.05, 0.1) is 33.6 Å². The second kappa shape index (κ2) is 7.84. The molecule has 5 N–H and O–H groups in total. The number of nitrogens with one attached hydrogen (secondary N) is 3. The van der Waals surface area contributed by atoms with E-state index < -0.39 is 11.9 Å². The molecule has 3 rings (SSSR count). The van der Waals surface area contributed by atoms with Gasteiger partial charge in [-0.1, -0.05) is 23.2 Å². The number of hydrogen-bond donors (Lipinski definition) is 4. The molecular weight excluding hydrogens is 395 g/mol. The average molecular weight is 414 g/mol. The smallest absolute Gasteiger partial charge is 0.324 e. The molecule has 26 heavy (non-hydrogen) atoms. The quantitative estimate of drug-likeness (QED) is 0.620. The van der Waals surface area contributed by atoms with Crippen molar-refractivity contribution >= 4 is 57.2 Å². The number of carbonyl (C=O) groups excluding carboxylic acids is 2. The van der Waals surface area contributed by atoms with Crippen molar-refractivity contribution in [3.05, 3.63) is 44.2 Å². The van der Waals surface area contributed by atoms with E-state index in [2.05, 4.69) is 17.6 Å². The first kappa shape index (κ1) is 19.0. The Morgan fingerprint density at radius 1 is 1.27 bits per heavy atom. The topological polar surface area (TPSA) is 88.7 Å². The summed E-state index contributed by atoms with van der Waals surface area (Å²) in [7, 11) is 0. The molecule has 0 spiro atoms. The third-order valence-corrected chi connectivity index (χ3v) is 6.27. The van der Waals surface area contributed by atoms with Crippen LogP contribution in [0.5, 0.6) is 0 Å². The lowest BCUT2D eigenvalue weighted by molar-refractivity contribution is -0.913. The molecule has 0 fully saturated rings. The first-order chi connectivity index (χ1) is 12.4. The number of fused-ring (bicyclic) bond motifs is 1. The van der Waals surface area contributed by atoms with Gasteiger partial charge in [0.1, 0.15) is 11.5 Å². The standard InChI is InChI=1S/C17H18Cl2N4O2S/c1-2-23-6-5-10-13(8-23)26-16(14(10)15(20)24)22-17(25)21-9-3-4-11(18)12(19)7-9/h3-4,7H,2,5-6,8H2,1H3,(H2,20,24)(H2,21,22,25)/p+1. The van der Waals surface area contributed by atoms with Gasteiger partial charge in [-0.15, -0.1) is 11.3 Å². The molecule has 1 atom stereocenters. The van der Waals surface area contributed by atoms with Crippen LogP contribution in [0.25, 0.3) is 0 Å². The zero-order chi connectivity index (χ0) is 18.8. The SMILES string of the molecule is CC[NH+]1CCc2c(sc(NC(=O)Nc3ccc(Cl)c(Cl)c3)c2C(N)=O)C1. The van der Waals surface area contributed by atoms with E-state index in [-0.39, 0.29) is 0 Å². The minimum absolute atomic E-state index is 0.344. The van der Waals surface area contributed by atoms with Gasteiger partial charge in [0.25, 0.3) is 5.91 Å². The third-order valence-electron chi connectivity index (χ3n) is 4.38. The molecule has 0 aliphatic carbocycles. The Bertz CT molecular complexity index is 869. The van der Waals surface area contributed by atoms with Crippen molar-refractivity contribution in [1.82, 2.24) is 0 Å². The molecule has 2 heterocycles. The fourth-order valence-corrected chi connectivity index (χ4v) is 4.64. The number of quaternary nitrogens is 1. The summed E-state index contributed by atoms with van der Waals surface area (Å²) in [5, 5.41) is 6.66. The molecule has 0 radical (unpaired) electrons. The minimum atomic E-state index is -0.521. The lowest BCUT2D eigenvalue weighted by atomic mass is 10.0. The van der Waals surface area contributed by atoms with E-state index >= 15 is 0 Å². The van der Waals surface area contributed by atoms with Crippen molar-refractivity contribution in [1.29, 1.82) is 0 Å². The Morgan fingerprint density at radius 2 is 2.04 bits per heavy atom. The van der Waals surface area contributed by atoms with Gasteiger partial charge >= 0.3 is 6.03 Å². The number of hydrogen-bond acceptors (Lipinski definition) is 3. The number of nitrogens with two attached hydrogens (primary N) is 1. The Kier molecular flexibility index (Phi) is 5.72. The molecule has 0 bridgehead atoms. The number of urea groups is 1. The van der Waals surface area contributed by atoms with E-state index in [0.29, 0.717) is 26.3 Å². The zero-order valence-corrected chi connectivity index (χ0v) is 16.4. The molecular formula is C17H19Cl2N4O2S+. The summed E-state index contributed by atoms with van der Waals surface area (Å²) in [5.41, 5.74) is 7.46. The normalized spacial score (nSPS) is 16.0. The fourth-order valence-electron chi connectivity index (χ4n) is 3.03. The van der Waals surface area contributed by atoms with Crippen molar-refractivity contribution in [2.45, 2.75) is 19.9 Å². The van der Waals surface area contributed by atoms with Crippen LogP contribution in [0.15, 0.2) is 18.2 Å². The maximum atomic E-state index is 12.3. The summed E-state index contributed by atoms with van der Waals surface area (Å²) >= 11 is 13.2. The Hall–Kier alpha value is -1.80. The highest BCUT2D eigenvalue weighted by atomic mass is 35.5. The Labute approximate surface area is 165 Å². The number of amides is 3. The molecule has 6 nitrogen and oxygen atoms in total. The zero-order valence-electron chi connectivity index (χ0n) is 14.1. The highest BCUT2D eigenvalue weighted by Gasteiger charge is 2.29. The summed E-state index contributed by atoms with van der Waals surface area (Å²) in [6.45, 7) is 4.94. The van der Waals surface area contributed by atoms with Gasteiger partial charge < -0.3 is 16.0 Å². The molecule has 1 aliphatic heterocycles. The maximum Gasteiger partial charge on any atom is 0.324 e. The van der Waals surface area contributed by atoms with Gasteiger partial charge in [0, 0.05) is 12.1 Å². The number of benzene rings is 1. The van der Waals surface area contributed by atoms with Crippen LogP contribution in [-0.4, -0.2) is 25.0 Å². The molecule has 138 valence electrons. The number of likely N-dealkylation sites (N-methyl/N-ethyl adjacent to an activating group) is 1. The summed E-state index contributed by atoms with van der Waals surface area (Å²) in [6.07, 6.45) is 0.781. The molecule has 9 heteroatoms. The Balaban J connectivity index is 1.80. The van der Waals surface area contributed by atoms with Crippen LogP contribution in [0.2, 0.25) is 10.0 Å². The molecule has 0 saturated carbocycles. The van der Waals surface area contributed by atoms with Crippen molar-refractivity contribution < 1.29 is 14.5 Å². The summed E-state index contributed by atoms with van der Waals surface area (Å²) in [4.78, 5) is 26.8. The number of rotatable bonds is 4. The van der Waals surface area contributed by atoms with Crippen molar-refractivity contribution in [3.8, 4) is 0 Å². The van der Waals surface area contributed by atoms with Crippen LogP contribution in [0.3, 0.4) is 0 Å². The first-order valence-corrected chi connectivity index (χ1v) is 9.77. The van der Waals surface area contributed by atoms with Crippen LogP contribution in [0, 0.1) is 0 Å². The van der Waals surface area contributed by atoms with E-state index in [1.807, 2.05) is 0 Å². The van der Waals surface area contributed by atoms with Gasteiger partial charge in [-0.25, -0.2) is 4.79 Å². The Morgan fingerprint density at radius 3 is 2.69 bits per heavy atom. The molecule has 1 aromatic carbocycles. The molecule has 3 amide bonds. The fraction of sp³-hybridized carbons (Fsp3) is 0.294. The van der Waals surface area contributed by atoms with Crippen molar-refractivity contribution in [3.63, 3.8) is 0 Å². The minimum Gasteiger partial charge on any atom is -0.365 e. The molecule has 1 aromatic heterocycles. The number of anilines is 2. The lowest BCUT2D eigenvalue weighted by Crippen LogP contribution is -3.11. The predicted molar refractivity (Wildman–Crippen MR) is 106 cm³/mol. The highest BCUT2D eigenvalue weighted by molar-refractivity contribution is 7.17. The van der Waals surface area contributed by atoms with Crippen molar-refractivity contribution in [2.75, 3.05) is 23.7 Å². The monoisotopic (exact) mass is 413 g/mol. The number of halogens is 2. The van der Waals surface area contributed by atoms with Crippen LogP contribution in [-0.2, 0) is 13.0 Å². The van der Waals surface area contributed by atoms with Crippen LogP contribution in [0.1, 0.15) is 27.7 Å². The van der Waals surface area contributed by atoms with E-state index in [9.17, 15) is 9.59 Å². The van der Waals surface area contributed by atoms with E-state index in [4.69, 9.17) is 28.9 Å². The van der Waals surface area contributed by atoms with Gasteiger partial charge in [-0.2, -0.15) is 0 Å². The second-order valence-electron chi connectivity index (χ2n) is 6.06. The third kappa shape index (κ3) is 3.96. The number of carbonyl (C=O) groups is 2. The van der Waals surface area contributed by atoms with Crippen molar-refractivity contribution in [2.24, 2.45) is 5.73 Å². The van der Waals surface area contributed by atoms with Crippen LogP contribution < -0.4 is 21.3 Å². The van der Waals surface area contributed by atoms with Crippen LogP contribution >= 0.6 is 34.5 Å². The van der Waals surface area contributed by atoms with Gasteiger partial charge in [-0.05, 0) is 30.7 Å². The number of primary amides is 1. The van der Waals surface area contributed by atoms with Gasteiger partial charge in [0.15, 0.2) is 0 Å². The van der Waals surface area contributed by atoms with E-state index in [1.54, 1.807) is 18.2 Å². The summed E-state index contributed by atoms with van der Waals surface area (Å²) in [5.74, 6) is -0.521. The molecule has 0 saturated heterocycles. The largest absolute Gasteiger partial charge is 0.365 e. The van der Waals surface area contributed by atoms with Crippen LogP contribution in [0.4, 0.5) is 15.5 Å². The average Bonchev–Trinajstić information content (AvgIpc) is 2.94. The molecule has 2 aromatic rings. The summed E-state index contributed by atoms with van der Waals surface area (Å²) < 4.78 is 0. The maximum absolute atomic E-state index is 12.3. The lowest BCUT2D eigenvalue weighted by Gasteiger charge is -2.22. The summed E-state index contributed by atoms with van der Waals surface area (Å²) in [6, 6.07) is 4.33. The molecule has 1 aliphatic rings.